The Bertz CT molecular complexity index is 399. The van der Waals surface area contributed by atoms with Gasteiger partial charge in [0.2, 0.25) is 0 Å². The molecule has 100 valence electrons. The van der Waals surface area contributed by atoms with Gasteiger partial charge < -0.3 is 10.4 Å². The molecule has 2 nitrogen and oxygen atoms in total. The molecule has 1 aliphatic carbocycles. The van der Waals surface area contributed by atoms with Crippen LogP contribution in [0.15, 0.2) is 18.2 Å². The van der Waals surface area contributed by atoms with Crippen molar-refractivity contribution in [3.63, 3.8) is 0 Å². The zero-order valence-electron chi connectivity index (χ0n) is 11.1. The third-order valence-corrected chi connectivity index (χ3v) is 3.88. The Morgan fingerprint density at radius 1 is 1.28 bits per heavy atom. The van der Waals surface area contributed by atoms with Crippen LogP contribution in [0, 0.1) is 12.7 Å². The highest BCUT2D eigenvalue weighted by atomic mass is 19.1. The Labute approximate surface area is 108 Å². The molecule has 0 bridgehead atoms. The molecule has 1 fully saturated rings. The summed E-state index contributed by atoms with van der Waals surface area (Å²) in [5, 5.41) is 13.0. The largest absolute Gasteiger partial charge is 0.393 e. The maximum absolute atomic E-state index is 13.5. The average Bonchev–Trinajstić information content (AvgIpc) is 2.35. The fourth-order valence-corrected chi connectivity index (χ4v) is 2.57. The lowest BCUT2D eigenvalue weighted by atomic mass is 9.92. The second-order valence-electron chi connectivity index (χ2n) is 5.40. The standard InChI is InChI=1S/C15H22FNO/c1-10-3-4-12(9-15(10)16)11(2)17-13-5-7-14(18)8-6-13/h3-4,9,11,13-14,17-18H,5-8H2,1-2H3. The van der Waals surface area contributed by atoms with Gasteiger partial charge in [0.05, 0.1) is 6.10 Å². The summed E-state index contributed by atoms with van der Waals surface area (Å²) in [7, 11) is 0. The van der Waals surface area contributed by atoms with E-state index in [0.717, 1.165) is 31.2 Å². The molecule has 1 aromatic carbocycles. The molecule has 1 aromatic rings. The topological polar surface area (TPSA) is 32.3 Å². The Hall–Kier alpha value is -0.930. The number of rotatable bonds is 3. The molecule has 18 heavy (non-hydrogen) atoms. The van der Waals surface area contributed by atoms with Crippen LogP contribution < -0.4 is 5.32 Å². The van der Waals surface area contributed by atoms with E-state index in [4.69, 9.17) is 0 Å². The average molecular weight is 251 g/mol. The lowest BCUT2D eigenvalue weighted by molar-refractivity contribution is 0.114. The molecule has 0 spiro atoms. The predicted octanol–water partition coefficient (Wildman–Crippen LogP) is 3.09. The first kappa shape index (κ1) is 13.5. The number of aliphatic hydroxyl groups excluding tert-OH is 1. The van der Waals surface area contributed by atoms with Crippen molar-refractivity contribution in [2.75, 3.05) is 0 Å². The molecule has 0 aliphatic heterocycles. The van der Waals surface area contributed by atoms with E-state index in [-0.39, 0.29) is 18.0 Å². The molecule has 0 radical (unpaired) electrons. The molecule has 3 heteroatoms. The van der Waals surface area contributed by atoms with Crippen molar-refractivity contribution in [2.24, 2.45) is 0 Å². The highest BCUT2D eigenvalue weighted by molar-refractivity contribution is 5.25. The summed E-state index contributed by atoms with van der Waals surface area (Å²) in [5.41, 5.74) is 1.68. The molecule has 0 aromatic heterocycles. The van der Waals surface area contributed by atoms with Gasteiger partial charge >= 0.3 is 0 Å². The van der Waals surface area contributed by atoms with Gasteiger partial charge in [0.25, 0.3) is 0 Å². The number of hydrogen-bond donors (Lipinski definition) is 2. The van der Waals surface area contributed by atoms with Gasteiger partial charge in [-0.05, 0) is 56.7 Å². The smallest absolute Gasteiger partial charge is 0.126 e. The van der Waals surface area contributed by atoms with E-state index in [0.29, 0.717) is 11.6 Å². The van der Waals surface area contributed by atoms with E-state index in [1.54, 1.807) is 13.0 Å². The summed E-state index contributed by atoms with van der Waals surface area (Å²) >= 11 is 0. The molecule has 2 N–H and O–H groups in total. The van der Waals surface area contributed by atoms with Crippen LogP contribution in [0.5, 0.6) is 0 Å². The zero-order valence-corrected chi connectivity index (χ0v) is 11.1. The molecule has 0 amide bonds. The number of benzene rings is 1. The maximum atomic E-state index is 13.5. The van der Waals surface area contributed by atoms with Crippen LogP contribution in [0.25, 0.3) is 0 Å². The first-order valence-electron chi connectivity index (χ1n) is 6.76. The number of aliphatic hydroxyl groups is 1. The first-order chi connectivity index (χ1) is 8.56. The number of hydrogen-bond acceptors (Lipinski definition) is 2. The molecule has 0 heterocycles. The fourth-order valence-electron chi connectivity index (χ4n) is 2.57. The van der Waals surface area contributed by atoms with Crippen molar-refractivity contribution >= 4 is 0 Å². The van der Waals surface area contributed by atoms with E-state index in [1.165, 1.54) is 0 Å². The molecule has 0 saturated heterocycles. The summed E-state index contributed by atoms with van der Waals surface area (Å²) in [6.07, 6.45) is 3.61. The lowest BCUT2D eigenvalue weighted by Gasteiger charge is -2.29. The highest BCUT2D eigenvalue weighted by Crippen LogP contribution is 2.22. The van der Waals surface area contributed by atoms with Crippen LogP contribution >= 0.6 is 0 Å². The van der Waals surface area contributed by atoms with E-state index in [9.17, 15) is 9.50 Å². The molecule has 1 atom stereocenters. The van der Waals surface area contributed by atoms with E-state index in [2.05, 4.69) is 12.2 Å². The SMILES string of the molecule is Cc1ccc(C(C)NC2CCC(O)CC2)cc1F. The van der Waals surface area contributed by atoms with Gasteiger partial charge in [0, 0.05) is 12.1 Å². The quantitative estimate of drug-likeness (QED) is 0.865. The minimum Gasteiger partial charge on any atom is -0.393 e. The number of nitrogens with one attached hydrogen (secondary N) is 1. The molecule has 2 rings (SSSR count). The van der Waals surface area contributed by atoms with Crippen LogP contribution in [0.2, 0.25) is 0 Å². The molecule has 1 unspecified atom stereocenters. The van der Waals surface area contributed by atoms with E-state index >= 15 is 0 Å². The summed E-state index contributed by atoms with van der Waals surface area (Å²) in [6, 6.07) is 6.01. The summed E-state index contributed by atoms with van der Waals surface area (Å²) in [4.78, 5) is 0. The second-order valence-corrected chi connectivity index (χ2v) is 5.40. The van der Waals surface area contributed by atoms with E-state index in [1.807, 2.05) is 12.1 Å². The van der Waals surface area contributed by atoms with Crippen LogP contribution in [0.1, 0.15) is 49.8 Å². The Balaban J connectivity index is 1.94. The predicted molar refractivity (Wildman–Crippen MR) is 71.0 cm³/mol. The molecule has 1 aliphatic rings. The van der Waals surface area contributed by atoms with Crippen molar-refractivity contribution in [3.05, 3.63) is 35.1 Å². The van der Waals surface area contributed by atoms with Crippen LogP contribution in [0.4, 0.5) is 4.39 Å². The van der Waals surface area contributed by atoms with E-state index < -0.39 is 0 Å². The Kier molecular flexibility index (Phi) is 4.36. The molecular formula is C15H22FNO. The van der Waals surface area contributed by atoms with Gasteiger partial charge in [-0.1, -0.05) is 12.1 Å². The summed E-state index contributed by atoms with van der Waals surface area (Å²) in [6.45, 7) is 3.84. The van der Waals surface area contributed by atoms with Crippen molar-refractivity contribution < 1.29 is 9.50 Å². The zero-order chi connectivity index (χ0) is 13.1. The van der Waals surface area contributed by atoms with Crippen molar-refractivity contribution in [1.29, 1.82) is 0 Å². The van der Waals surface area contributed by atoms with Crippen molar-refractivity contribution in [1.82, 2.24) is 5.32 Å². The summed E-state index contributed by atoms with van der Waals surface area (Å²) < 4.78 is 13.5. The monoisotopic (exact) mass is 251 g/mol. The number of aryl methyl sites for hydroxylation is 1. The highest BCUT2D eigenvalue weighted by Gasteiger charge is 2.21. The number of halogens is 1. The third-order valence-electron chi connectivity index (χ3n) is 3.88. The minimum atomic E-state index is -0.139. The van der Waals surface area contributed by atoms with Crippen molar-refractivity contribution in [3.8, 4) is 0 Å². The molecule has 1 saturated carbocycles. The van der Waals surface area contributed by atoms with Gasteiger partial charge in [0.15, 0.2) is 0 Å². The normalized spacial score (nSPS) is 26.0. The second kappa shape index (κ2) is 5.81. The maximum Gasteiger partial charge on any atom is 0.126 e. The third kappa shape index (κ3) is 3.30. The van der Waals surface area contributed by atoms with Crippen LogP contribution in [-0.2, 0) is 0 Å². The fraction of sp³-hybridized carbons (Fsp3) is 0.600. The lowest BCUT2D eigenvalue weighted by Crippen LogP contribution is -2.36. The molecular weight excluding hydrogens is 229 g/mol. The van der Waals surface area contributed by atoms with Crippen molar-refractivity contribution in [2.45, 2.75) is 57.7 Å². The van der Waals surface area contributed by atoms with Crippen LogP contribution in [0.3, 0.4) is 0 Å². The minimum absolute atomic E-state index is 0.129. The summed E-state index contributed by atoms with van der Waals surface area (Å²) in [5.74, 6) is -0.139. The van der Waals surface area contributed by atoms with Crippen LogP contribution in [-0.4, -0.2) is 17.3 Å². The van der Waals surface area contributed by atoms with Gasteiger partial charge in [-0.2, -0.15) is 0 Å². The Morgan fingerprint density at radius 2 is 1.94 bits per heavy atom. The van der Waals surface area contributed by atoms with Gasteiger partial charge in [-0.15, -0.1) is 0 Å². The van der Waals surface area contributed by atoms with Gasteiger partial charge in [-0.3, -0.25) is 0 Å². The first-order valence-corrected chi connectivity index (χ1v) is 6.76. The van der Waals surface area contributed by atoms with Gasteiger partial charge in [0.1, 0.15) is 5.82 Å². The Morgan fingerprint density at radius 3 is 2.56 bits per heavy atom. The van der Waals surface area contributed by atoms with Gasteiger partial charge in [-0.25, -0.2) is 4.39 Å².